The van der Waals surface area contributed by atoms with Crippen LogP contribution in [0.4, 0.5) is 0 Å². The molecule has 0 aliphatic rings. The van der Waals surface area contributed by atoms with E-state index in [4.69, 9.17) is 23.2 Å². The first kappa shape index (κ1) is 18.8. The minimum absolute atomic E-state index is 0.349. The van der Waals surface area contributed by atoms with Crippen molar-refractivity contribution in [1.29, 1.82) is 0 Å². The average Bonchev–Trinajstić information content (AvgIpc) is 2.94. The molecule has 0 aliphatic carbocycles. The van der Waals surface area contributed by atoms with Crippen molar-refractivity contribution in [3.8, 4) is 0 Å². The van der Waals surface area contributed by atoms with Crippen LogP contribution < -0.4 is 11.2 Å². The number of thioether (sulfide) groups is 1. The van der Waals surface area contributed by atoms with E-state index in [0.717, 1.165) is 5.56 Å². The third-order valence-corrected chi connectivity index (χ3v) is 5.11. The summed E-state index contributed by atoms with van der Waals surface area (Å²) in [5.74, 6) is 0.602. The van der Waals surface area contributed by atoms with Gasteiger partial charge in [0, 0.05) is 22.9 Å². The van der Waals surface area contributed by atoms with Crippen LogP contribution in [0.2, 0.25) is 5.02 Å². The summed E-state index contributed by atoms with van der Waals surface area (Å²) in [4.78, 5) is 31.1. The van der Waals surface area contributed by atoms with E-state index in [1.54, 1.807) is 30.7 Å². The van der Waals surface area contributed by atoms with Crippen LogP contribution in [-0.2, 0) is 13.6 Å². The zero-order chi connectivity index (χ0) is 18.8. The maximum Gasteiger partial charge on any atom is 0.329 e. The fraction of sp³-hybridized carbons (Fsp3) is 0.235. The topological polar surface area (TPSA) is 72.7 Å². The van der Waals surface area contributed by atoms with Gasteiger partial charge in [0.1, 0.15) is 0 Å². The Bertz CT molecular complexity index is 1090. The average molecular weight is 411 g/mol. The van der Waals surface area contributed by atoms with Gasteiger partial charge in [-0.3, -0.25) is 14.3 Å². The lowest BCUT2D eigenvalue weighted by atomic mass is 10.2. The number of hydrogen-bond acceptors (Lipinski definition) is 4. The van der Waals surface area contributed by atoms with Gasteiger partial charge in [0.05, 0.1) is 6.54 Å². The van der Waals surface area contributed by atoms with E-state index in [9.17, 15) is 9.59 Å². The molecule has 2 aromatic heterocycles. The molecular weight excluding hydrogens is 395 g/mol. The summed E-state index contributed by atoms with van der Waals surface area (Å²) in [6, 6.07) is 7.37. The number of hydrogen-bond donors (Lipinski definition) is 1. The van der Waals surface area contributed by atoms with Gasteiger partial charge in [0.15, 0.2) is 16.3 Å². The second-order valence-electron chi connectivity index (χ2n) is 5.70. The minimum atomic E-state index is -0.494. The molecule has 0 atom stereocenters. The van der Waals surface area contributed by atoms with E-state index < -0.39 is 11.2 Å². The third-order valence-electron chi connectivity index (χ3n) is 3.80. The van der Waals surface area contributed by atoms with Crippen molar-refractivity contribution in [3.05, 3.63) is 66.8 Å². The number of fused-ring (bicyclic) bond motifs is 1. The first-order valence-electron chi connectivity index (χ1n) is 7.76. The van der Waals surface area contributed by atoms with Crippen molar-refractivity contribution < 1.29 is 0 Å². The van der Waals surface area contributed by atoms with Crippen molar-refractivity contribution in [2.75, 3.05) is 5.75 Å². The quantitative estimate of drug-likeness (QED) is 0.654. The summed E-state index contributed by atoms with van der Waals surface area (Å²) in [7, 11) is 1.58. The molecule has 0 amide bonds. The lowest BCUT2D eigenvalue weighted by Gasteiger charge is -2.08. The van der Waals surface area contributed by atoms with Gasteiger partial charge in [-0.15, -0.1) is 0 Å². The molecule has 0 spiro atoms. The Labute approximate surface area is 163 Å². The summed E-state index contributed by atoms with van der Waals surface area (Å²) in [6.07, 6.45) is 1.86. The third kappa shape index (κ3) is 3.90. The van der Waals surface area contributed by atoms with Gasteiger partial charge < -0.3 is 4.57 Å². The first-order chi connectivity index (χ1) is 12.4. The molecule has 0 saturated carbocycles. The molecule has 0 bridgehead atoms. The summed E-state index contributed by atoms with van der Waals surface area (Å²) < 4.78 is 3.14. The standard InChI is InChI=1S/C17H16Cl2N4O2S/c1-10(18)7-8-26-17-20-14-13(15(24)21-16(25)22(14)2)23(17)9-11-3-5-12(19)6-4-11/h3-7H,8-9H2,1-2H3,(H,21,24,25)/b10-7+. The zero-order valence-corrected chi connectivity index (χ0v) is 16.5. The molecule has 1 aromatic carbocycles. The highest BCUT2D eigenvalue weighted by Gasteiger charge is 2.17. The van der Waals surface area contributed by atoms with Gasteiger partial charge in [-0.1, -0.05) is 53.2 Å². The number of rotatable bonds is 5. The smallest absolute Gasteiger partial charge is 0.309 e. The van der Waals surface area contributed by atoms with E-state index in [1.165, 1.54) is 16.3 Å². The maximum atomic E-state index is 12.4. The van der Waals surface area contributed by atoms with Crippen molar-refractivity contribution in [1.82, 2.24) is 19.1 Å². The van der Waals surface area contributed by atoms with Crippen LogP contribution in [0.1, 0.15) is 12.5 Å². The van der Waals surface area contributed by atoms with Crippen molar-refractivity contribution in [2.24, 2.45) is 7.05 Å². The van der Waals surface area contributed by atoms with Crippen molar-refractivity contribution in [2.45, 2.75) is 18.6 Å². The number of aryl methyl sites for hydroxylation is 1. The largest absolute Gasteiger partial charge is 0.329 e. The lowest BCUT2D eigenvalue weighted by Crippen LogP contribution is -2.29. The van der Waals surface area contributed by atoms with Crippen LogP contribution in [0, 0.1) is 0 Å². The van der Waals surface area contributed by atoms with Gasteiger partial charge in [-0.05, 0) is 24.6 Å². The molecule has 136 valence electrons. The van der Waals surface area contributed by atoms with E-state index in [0.29, 0.717) is 38.7 Å². The van der Waals surface area contributed by atoms with Crippen LogP contribution in [0.3, 0.4) is 0 Å². The molecule has 0 fully saturated rings. The molecule has 3 aromatic rings. The monoisotopic (exact) mass is 410 g/mol. The highest BCUT2D eigenvalue weighted by Crippen LogP contribution is 2.24. The van der Waals surface area contributed by atoms with Crippen LogP contribution in [-0.4, -0.2) is 24.9 Å². The number of nitrogens with zero attached hydrogens (tertiary/aromatic N) is 3. The molecule has 0 saturated heterocycles. The number of imidazole rings is 1. The molecule has 0 aliphatic heterocycles. The van der Waals surface area contributed by atoms with E-state index in [-0.39, 0.29) is 0 Å². The second kappa shape index (κ2) is 7.73. The molecule has 1 N–H and O–H groups in total. The van der Waals surface area contributed by atoms with Gasteiger partial charge in [0.25, 0.3) is 5.56 Å². The predicted octanol–water partition coefficient (Wildman–Crippen LogP) is 3.36. The summed E-state index contributed by atoms with van der Waals surface area (Å²) in [5, 5.41) is 1.96. The Morgan fingerprint density at radius 1 is 1.31 bits per heavy atom. The molecule has 6 nitrogen and oxygen atoms in total. The molecule has 3 rings (SSSR count). The Morgan fingerprint density at radius 3 is 2.65 bits per heavy atom. The van der Waals surface area contributed by atoms with E-state index >= 15 is 0 Å². The number of allylic oxidation sites excluding steroid dienone is 1. The Hall–Kier alpha value is -1.96. The fourth-order valence-corrected chi connectivity index (χ4v) is 3.71. The molecule has 2 heterocycles. The minimum Gasteiger partial charge on any atom is -0.309 e. The summed E-state index contributed by atoms with van der Waals surface area (Å²) in [6.45, 7) is 2.23. The van der Waals surface area contributed by atoms with Gasteiger partial charge in [-0.2, -0.15) is 0 Å². The molecule has 0 radical (unpaired) electrons. The first-order valence-corrected chi connectivity index (χ1v) is 9.50. The van der Waals surface area contributed by atoms with Gasteiger partial charge >= 0.3 is 5.69 Å². The number of aromatic amines is 1. The van der Waals surface area contributed by atoms with Gasteiger partial charge in [0.2, 0.25) is 0 Å². The SMILES string of the molecule is C/C(Cl)=C\CSc1nc2c(c(=O)[nH]c(=O)n2C)n1Cc1ccc(Cl)cc1. The van der Waals surface area contributed by atoms with E-state index in [2.05, 4.69) is 9.97 Å². The Morgan fingerprint density at radius 2 is 2.00 bits per heavy atom. The van der Waals surface area contributed by atoms with Gasteiger partial charge in [-0.25, -0.2) is 9.78 Å². The van der Waals surface area contributed by atoms with Crippen LogP contribution in [0.5, 0.6) is 0 Å². The summed E-state index contributed by atoms with van der Waals surface area (Å²) >= 11 is 13.3. The highest BCUT2D eigenvalue weighted by molar-refractivity contribution is 7.99. The number of aromatic nitrogens is 4. The second-order valence-corrected chi connectivity index (χ2v) is 7.72. The molecule has 26 heavy (non-hydrogen) atoms. The zero-order valence-electron chi connectivity index (χ0n) is 14.1. The number of halogens is 2. The molecular formula is C17H16Cl2N4O2S. The lowest BCUT2D eigenvalue weighted by molar-refractivity contribution is 0.728. The van der Waals surface area contributed by atoms with Crippen molar-refractivity contribution >= 4 is 46.1 Å². The Kier molecular flexibility index (Phi) is 5.60. The molecule has 9 heteroatoms. The van der Waals surface area contributed by atoms with Crippen LogP contribution in [0.15, 0.2) is 50.1 Å². The number of H-pyrrole nitrogens is 1. The fourth-order valence-electron chi connectivity index (χ4n) is 2.47. The number of benzene rings is 1. The van der Waals surface area contributed by atoms with Crippen LogP contribution in [0.25, 0.3) is 11.2 Å². The van der Waals surface area contributed by atoms with Crippen molar-refractivity contribution in [3.63, 3.8) is 0 Å². The predicted molar refractivity (Wildman–Crippen MR) is 106 cm³/mol. The normalized spacial score (nSPS) is 12.1. The summed E-state index contributed by atoms with van der Waals surface area (Å²) in [5.41, 5.74) is 0.720. The van der Waals surface area contributed by atoms with E-state index in [1.807, 2.05) is 18.2 Å². The maximum absolute atomic E-state index is 12.4. The highest BCUT2D eigenvalue weighted by atomic mass is 35.5. The van der Waals surface area contributed by atoms with Crippen LogP contribution >= 0.6 is 35.0 Å². The molecule has 0 unspecified atom stereocenters. The Balaban J connectivity index is 2.14. The number of nitrogens with one attached hydrogen (secondary N) is 1.